The molecular formula is C15H21NO2. The number of aryl methyl sites for hydroxylation is 1. The molecule has 0 aliphatic carbocycles. The third kappa shape index (κ3) is 2.07. The Bertz CT molecular complexity index is 450. The van der Waals surface area contributed by atoms with Crippen molar-refractivity contribution in [2.24, 2.45) is 5.92 Å². The van der Waals surface area contributed by atoms with Gasteiger partial charge in [-0.05, 0) is 68.8 Å². The van der Waals surface area contributed by atoms with Crippen LogP contribution in [0.2, 0.25) is 0 Å². The van der Waals surface area contributed by atoms with E-state index < -0.39 is 0 Å². The van der Waals surface area contributed by atoms with Gasteiger partial charge < -0.3 is 14.8 Å². The van der Waals surface area contributed by atoms with Crippen molar-refractivity contribution in [3.05, 3.63) is 22.8 Å². The van der Waals surface area contributed by atoms with Crippen LogP contribution in [0.1, 0.15) is 29.5 Å². The van der Waals surface area contributed by atoms with Crippen LogP contribution in [-0.2, 0) is 6.42 Å². The average molecular weight is 247 g/mol. The van der Waals surface area contributed by atoms with Crippen LogP contribution in [0.15, 0.2) is 6.07 Å². The molecule has 3 heteroatoms. The summed E-state index contributed by atoms with van der Waals surface area (Å²) in [6, 6.07) is 2.28. The predicted octanol–water partition coefficient (Wildman–Crippen LogP) is 2.57. The molecule has 1 fully saturated rings. The Morgan fingerprint density at radius 3 is 2.89 bits per heavy atom. The number of benzene rings is 1. The predicted molar refractivity (Wildman–Crippen MR) is 71.3 cm³/mol. The van der Waals surface area contributed by atoms with Crippen molar-refractivity contribution in [1.29, 1.82) is 0 Å². The first-order valence-corrected chi connectivity index (χ1v) is 6.85. The zero-order valence-corrected chi connectivity index (χ0v) is 11.2. The molecule has 1 aromatic carbocycles. The van der Waals surface area contributed by atoms with E-state index in [1.54, 1.807) is 0 Å². The third-order valence-corrected chi connectivity index (χ3v) is 4.13. The van der Waals surface area contributed by atoms with Gasteiger partial charge in [-0.1, -0.05) is 6.07 Å². The summed E-state index contributed by atoms with van der Waals surface area (Å²) in [5, 5.41) is 3.48. The van der Waals surface area contributed by atoms with E-state index in [2.05, 4.69) is 25.2 Å². The van der Waals surface area contributed by atoms with Crippen molar-refractivity contribution in [2.75, 3.05) is 19.9 Å². The molecule has 1 unspecified atom stereocenters. The Hall–Kier alpha value is -1.22. The van der Waals surface area contributed by atoms with E-state index in [1.807, 2.05) is 0 Å². The van der Waals surface area contributed by atoms with Gasteiger partial charge in [0, 0.05) is 0 Å². The normalized spacial score (nSPS) is 22.2. The van der Waals surface area contributed by atoms with Gasteiger partial charge in [-0.2, -0.15) is 0 Å². The van der Waals surface area contributed by atoms with Gasteiger partial charge in [0.15, 0.2) is 11.5 Å². The molecule has 98 valence electrons. The molecule has 3 rings (SSSR count). The maximum absolute atomic E-state index is 5.66. The van der Waals surface area contributed by atoms with E-state index in [4.69, 9.17) is 9.47 Å². The highest BCUT2D eigenvalue weighted by molar-refractivity contribution is 5.56. The molecule has 0 amide bonds. The topological polar surface area (TPSA) is 30.5 Å². The Labute approximate surface area is 108 Å². The Morgan fingerprint density at radius 1 is 1.28 bits per heavy atom. The summed E-state index contributed by atoms with van der Waals surface area (Å²) in [4.78, 5) is 0. The fourth-order valence-corrected chi connectivity index (χ4v) is 2.97. The molecule has 1 atom stereocenters. The zero-order chi connectivity index (χ0) is 12.5. The van der Waals surface area contributed by atoms with Crippen molar-refractivity contribution in [3.63, 3.8) is 0 Å². The van der Waals surface area contributed by atoms with Crippen molar-refractivity contribution >= 4 is 0 Å². The lowest BCUT2D eigenvalue weighted by Crippen LogP contribution is -2.30. The molecule has 0 radical (unpaired) electrons. The van der Waals surface area contributed by atoms with Crippen LogP contribution in [-0.4, -0.2) is 19.9 Å². The Kier molecular flexibility index (Phi) is 3.16. The maximum atomic E-state index is 5.66. The first-order chi connectivity index (χ1) is 8.75. The highest BCUT2D eigenvalue weighted by Gasteiger charge is 2.24. The van der Waals surface area contributed by atoms with Crippen LogP contribution >= 0.6 is 0 Å². The van der Waals surface area contributed by atoms with E-state index in [0.29, 0.717) is 6.79 Å². The number of hydrogen-bond donors (Lipinski definition) is 1. The number of ether oxygens (including phenoxy) is 2. The van der Waals surface area contributed by atoms with Gasteiger partial charge >= 0.3 is 0 Å². The second-order valence-corrected chi connectivity index (χ2v) is 5.46. The molecule has 3 nitrogen and oxygen atoms in total. The number of fused-ring (bicyclic) bond motifs is 1. The van der Waals surface area contributed by atoms with Gasteiger partial charge in [-0.25, -0.2) is 0 Å². The summed E-state index contributed by atoms with van der Waals surface area (Å²) in [5.41, 5.74) is 3.84. The fraction of sp³-hybridized carbons (Fsp3) is 0.600. The van der Waals surface area contributed by atoms with E-state index in [-0.39, 0.29) is 0 Å². The van der Waals surface area contributed by atoms with E-state index in [1.165, 1.54) is 36.1 Å². The average Bonchev–Trinajstić information content (AvgIpc) is 2.86. The molecule has 1 N–H and O–H groups in total. The van der Waals surface area contributed by atoms with Crippen LogP contribution in [0.3, 0.4) is 0 Å². The number of nitrogens with one attached hydrogen (secondary N) is 1. The van der Waals surface area contributed by atoms with Gasteiger partial charge in [0.1, 0.15) is 0 Å². The Balaban J connectivity index is 1.87. The first-order valence-electron chi connectivity index (χ1n) is 6.85. The number of rotatable bonds is 2. The van der Waals surface area contributed by atoms with Crippen LogP contribution < -0.4 is 14.8 Å². The monoisotopic (exact) mass is 247 g/mol. The van der Waals surface area contributed by atoms with Gasteiger partial charge in [0.2, 0.25) is 6.79 Å². The minimum Gasteiger partial charge on any atom is -0.453 e. The number of piperidine rings is 1. The molecule has 1 saturated heterocycles. The zero-order valence-electron chi connectivity index (χ0n) is 11.2. The molecule has 0 saturated carbocycles. The van der Waals surface area contributed by atoms with E-state index in [9.17, 15) is 0 Å². The van der Waals surface area contributed by atoms with Crippen LogP contribution in [0.5, 0.6) is 11.5 Å². The van der Waals surface area contributed by atoms with Crippen molar-refractivity contribution < 1.29 is 9.47 Å². The summed E-state index contributed by atoms with van der Waals surface area (Å²) in [5.74, 6) is 2.69. The fourth-order valence-electron chi connectivity index (χ4n) is 2.97. The summed E-state index contributed by atoms with van der Waals surface area (Å²) < 4.78 is 11.3. The molecule has 2 aliphatic rings. The largest absolute Gasteiger partial charge is 0.453 e. The van der Waals surface area contributed by atoms with Crippen molar-refractivity contribution in [2.45, 2.75) is 33.1 Å². The molecule has 0 aromatic heterocycles. The summed E-state index contributed by atoms with van der Waals surface area (Å²) in [7, 11) is 0. The standard InChI is InChI=1S/C15H21NO2/c1-10-6-13(7-12-4-3-5-16-8-12)15-14(11(10)2)17-9-18-15/h6,12,16H,3-5,7-9H2,1-2H3. The van der Waals surface area contributed by atoms with Crippen LogP contribution in [0, 0.1) is 19.8 Å². The lowest BCUT2D eigenvalue weighted by molar-refractivity contribution is 0.172. The van der Waals surface area contributed by atoms with Crippen molar-refractivity contribution in [3.8, 4) is 11.5 Å². The molecule has 1 aromatic rings. The van der Waals surface area contributed by atoms with Gasteiger partial charge in [-0.15, -0.1) is 0 Å². The minimum atomic E-state index is 0.371. The minimum absolute atomic E-state index is 0.371. The summed E-state index contributed by atoms with van der Waals surface area (Å²) in [6.07, 6.45) is 3.70. The van der Waals surface area contributed by atoms with E-state index >= 15 is 0 Å². The highest BCUT2D eigenvalue weighted by atomic mass is 16.7. The van der Waals surface area contributed by atoms with Crippen molar-refractivity contribution in [1.82, 2.24) is 5.32 Å². The second kappa shape index (κ2) is 4.81. The lowest BCUT2D eigenvalue weighted by atomic mass is 9.90. The Morgan fingerprint density at radius 2 is 2.11 bits per heavy atom. The molecular weight excluding hydrogens is 226 g/mol. The summed E-state index contributed by atoms with van der Waals surface area (Å²) >= 11 is 0. The maximum Gasteiger partial charge on any atom is 0.231 e. The molecule has 2 heterocycles. The SMILES string of the molecule is Cc1cc(CC2CCCNC2)c2c(c1C)OCO2. The van der Waals surface area contributed by atoms with Gasteiger partial charge in [0.25, 0.3) is 0 Å². The summed E-state index contributed by atoms with van der Waals surface area (Å²) in [6.45, 7) is 6.92. The molecule has 0 bridgehead atoms. The second-order valence-electron chi connectivity index (χ2n) is 5.46. The lowest BCUT2D eigenvalue weighted by Gasteiger charge is -2.23. The number of hydrogen-bond acceptors (Lipinski definition) is 3. The van der Waals surface area contributed by atoms with E-state index in [0.717, 1.165) is 30.4 Å². The first kappa shape index (κ1) is 11.8. The smallest absolute Gasteiger partial charge is 0.231 e. The van der Waals surface area contributed by atoms with Crippen LogP contribution in [0.25, 0.3) is 0 Å². The van der Waals surface area contributed by atoms with Crippen LogP contribution in [0.4, 0.5) is 0 Å². The molecule has 0 spiro atoms. The molecule has 2 aliphatic heterocycles. The molecule has 18 heavy (non-hydrogen) atoms. The quantitative estimate of drug-likeness (QED) is 0.871. The van der Waals surface area contributed by atoms with Gasteiger partial charge in [0.05, 0.1) is 0 Å². The van der Waals surface area contributed by atoms with Gasteiger partial charge in [-0.3, -0.25) is 0 Å². The third-order valence-electron chi connectivity index (χ3n) is 4.13. The highest BCUT2D eigenvalue weighted by Crippen LogP contribution is 2.41.